The maximum absolute atomic E-state index is 12.5. The molecule has 1 aromatic rings. The minimum absolute atomic E-state index is 0.0547. The molecule has 0 bridgehead atoms. The van der Waals surface area contributed by atoms with E-state index in [4.69, 9.17) is 14.2 Å². The fourth-order valence-corrected chi connectivity index (χ4v) is 3.39. The van der Waals surface area contributed by atoms with Gasteiger partial charge in [-0.2, -0.15) is 0 Å². The fraction of sp³-hybridized carbons (Fsp3) is 0.421. The van der Waals surface area contributed by atoms with Gasteiger partial charge in [0.1, 0.15) is 12.4 Å². The quantitative estimate of drug-likeness (QED) is 0.776. The van der Waals surface area contributed by atoms with E-state index in [1.807, 2.05) is 13.0 Å². The Morgan fingerprint density at radius 2 is 1.79 bits per heavy atom. The number of amides is 2. The first-order chi connectivity index (χ1) is 13.5. The molecule has 9 nitrogen and oxygen atoms in total. The topological polar surface area (TPSA) is 97.4 Å². The van der Waals surface area contributed by atoms with Gasteiger partial charge in [-0.15, -0.1) is 0 Å². The largest absolute Gasteiger partial charge is 0.466 e. The molecule has 0 aromatic heterocycles. The average Bonchev–Trinajstić information content (AvgIpc) is 2.73. The van der Waals surface area contributed by atoms with Crippen molar-refractivity contribution in [3.63, 3.8) is 0 Å². The van der Waals surface area contributed by atoms with Crippen molar-refractivity contribution in [2.45, 2.75) is 13.3 Å². The maximum atomic E-state index is 12.5. The number of hydrogen-bond acceptors (Lipinski definition) is 7. The standard InChI is InChI=1S/C19H23N3O6/c1-12-14(21-9-5-8-20-19(21)25)6-4-7-15(12)22-11-28-10-13(17(23)26-2)16(22)18(24)27-3/h4,6-7H,5,8-11H2,1-3H3,(H,20,25). The van der Waals surface area contributed by atoms with Crippen LogP contribution in [0.15, 0.2) is 29.5 Å². The van der Waals surface area contributed by atoms with E-state index in [-0.39, 0.29) is 30.6 Å². The molecule has 28 heavy (non-hydrogen) atoms. The van der Waals surface area contributed by atoms with Crippen LogP contribution in [0, 0.1) is 6.92 Å². The number of benzene rings is 1. The number of carbonyl (C=O) groups excluding carboxylic acids is 3. The Bertz CT molecular complexity index is 835. The van der Waals surface area contributed by atoms with Crippen LogP contribution in [0.1, 0.15) is 12.0 Å². The summed E-state index contributed by atoms with van der Waals surface area (Å²) in [5, 5.41) is 2.83. The van der Waals surface area contributed by atoms with Crippen molar-refractivity contribution >= 4 is 29.3 Å². The highest BCUT2D eigenvalue weighted by atomic mass is 16.5. The molecule has 0 atom stereocenters. The van der Waals surface area contributed by atoms with Gasteiger partial charge in [-0.05, 0) is 31.0 Å². The monoisotopic (exact) mass is 389 g/mol. The first kappa shape index (κ1) is 19.7. The van der Waals surface area contributed by atoms with Gasteiger partial charge in [-0.1, -0.05) is 6.07 Å². The molecule has 1 fully saturated rings. The summed E-state index contributed by atoms with van der Waals surface area (Å²) >= 11 is 0. The summed E-state index contributed by atoms with van der Waals surface area (Å²) in [6.07, 6.45) is 0.835. The zero-order valence-electron chi connectivity index (χ0n) is 16.1. The van der Waals surface area contributed by atoms with Crippen LogP contribution in [-0.2, 0) is 23.8 Å². The van der Waals surface area contributed by atoms with Crippen LogP contribution in [0.3, 0.4) is 0 Å². The second kappa shape index (κ2) is 8.30. The Hall–Kier alpha value is -3.07. The summed E-state index contributed by atoms with van der Waals surface area (Å²) < 4.78 is 15.2. The zero-order chi connectivity index (χ0) is 20.3. The van der Waals surface area contributed by atoms with Crippen LogP contribution < -0.4 is 15.1 Å². The third-order valence-electron chi connectivity index (χ3n) is 4.77. The second-order valence-electron chi connectivity index (χ2n) is 6.37. The van der Waals surface area contributed by atoms with E-state index < -0.39 is 11.9 Å². The molecule has 9 heteroatoms. The molecule has 0 radical (unpaired) electrons. The van der Waals surface area contributed by atoms with Crippen LogP contribution in [0.2, 0.25) is 0 Å². The van der Waals surface area contributed by atoms with E-state index in [1.54, 1.807) is 21.9 Å². The molecule has 0 aliphatic carbocycles. The van der Waals surface area contributed by atoms with Gasteiger partial charge in [0, 0.05) is 18.8 Å². The van der Waals surface area contributed by atoms with E-state index in [0.717, 1.165) is 17.7 Å². The van der Waals surface area contributed by atoms with Crippen molar-refractivity contribution in [1.82, 2.24) is 5.32 Å². The summed E-state index contributed by atoms with van der Waals surface area (Å²) in [6.45, 7) is 3.10. The molecule has 2 aliphatic heterocycles. The van der Waals surface area contributed by atoms with Gasteiger partial charge in [0.2, 0.25) is 0 Å². The normalized spacial score (nSPS) is 17.3. The Kier molecular flexibility index (Phi) is 5.84. The molecule has 0 unspecified atom stereocenters. The minimum Gasteiger partial charge on any atom is -0.466 e. The molecule has 2 heterocycles. The van der Waals surface area contributed by atoms with Crippen molar-refractivity contribution in [2.24, 2.45) is 0 Å². The number of methoxy groups -OCH3 is 2. The Labute approximate surface area is 162 Å². The third-order valence-corrected chi connectivity index (χ3v) is 4.77. The number of esters is 2. The molecule has 0 saturated carbocycles. The van der Waals surface area contributed by atoms with Crippen molar-refractivity contribution < 1.29 is 28.6 Å². The summed E-state index contributed by atoms with van der Waals surface area (Å²) in [4.78, 5) is 40.1. The number of nitrogens with zero attached hydrogens (tertiary/aromatic N) is 2. The molecule has 150 valence electrons. The zero-order valence-corrected chi connectivity index (χ0v) is 16.1. The smallest absolute Gasteiger partial charge is 0.355 e. The summed E-state index contributed by atoms with van der Waals surface area (Å²) in [7, 11) is 2.49. The highest BCUT2D eigenvalue weighted by Crippen LogP contribution is 2.34. The highest BCUT2D eigenvalue weighted by Gasteiger charge is 2.33. The number of rotatable bonds is 4. The van der Waals surface area contributed by atoms with E-state index >= 15 is 0 Å². The Morgan fingerprint density at radius 3 is 2.43 bits per heavy atom. The molecule has 2 amide bonds. The summed E-state index contributed by atoms with van der Waals surface area (Å²) in [6, 6.07) is 5.27. The van der Waals surface area contributed by atoms with Gasteiger partial charge in [0.25, 0.3) is 0 Å². The predicted molar refractivity (Wildman–Crippen MR) is 101 cm³/mol. The van der Waals surface area contributed by atoms with Crippen LogP contribution in [0.4, 0.5) is 16.2 Å². The van der Waals surface area contributed by atoms with Gasteiger partial charge in [-0.25, -0.2) is 14.4 Å². The van der Waals surface area contributed by atoms with E-state index in [2.05, 4.69) is 5.32 Å². The fourth-order valence-electron chi connectivity index (χ4n) is 3.39. The molecular formula is C19H23N3O6. The molecule has 1 N–H and O–H groups in total. The lowest BCUT2D eigenvalue weighted by atomic mass is 10.1. The van der Waals surface area contributed by atoms with Crippen LogP contribution in [0.5, 0.6) is 0 Å². The Balaban J connectivity index is 2.08. The molecule has 2 aliphatic rings. The summed E-state index contributed by atoms with van der Waals surface area (Å²) in [5.41, 5.74) is 2.29. The number of nitrogens with one attached hydrogen (secondary N) is 1. The van der Waals surface area contributed by atoms with Crippen molar-refractivity contribution in [3.05, 3.63) is 35.0 Å². The maximum Gasteiger partial charge on any atom is 0.355 e. The van der Waals surface area contributed by atoms with Gasteiger partial charge in [0.05, 0.1) is 32.1 Å². The van der Waals surface area contributed by atoms with Crippen LogP contribution >= 0.6 is 0 Å². The van der Waals surface area contributed by atoms with Gasteiger partial charge >= 0.3 is 18.0 Å². The Morgan fingerprint density at radius 1 is 1.11 bits per heavy atom. The van der Waals surface area contributed by atoms with Crippen molar-refractivity contribution in [2.75, 3.05) is 50.4 Å². The first-order valence-corrected chi connectivity index (χ1v) is 8.89. The number of hydrogen-bond donors (Lipinski definition) is 1. The molecule has 1 aromatic carbocycles. The van der Waals surface area contributed by atoms with Crippen LogP contribution in [0.25, 0.3) is 0 Å². The van der Waals surface area contributed by atoms with Gasteiger partial charge < -0.3 is 24.4 Å². The SMILES string of the molecule is COC(=O)C1=C(C(=O)OC)N(c2cccc(N3CCCNC3=O)c2C)COC1. The van der Waals surface area contributed by atoms with Gasteiger partial charge in [0.15, 0.2) is 0 Å². The highest BCUT2D eigenvalue weighted by molar-refractivity contribution is 6.04. The number of carbonyl (C=O) groups is 3. The lowest BCUT2D eigenvalue weighted by Gasteiger charge is -2.34. The van der Waals surface area contributed by atoms with Crippen LogP contribution in [-0.4, -0.2) is 58.6 Å². The van der Waals surface area contributed by atoms with Crippen molar-refractivity contribution in [3.8, 4) is 0 Å². The lowest BCUT2D eigenvalue weighted by molar-refractivity contribution is -0.140. The average molecular weight is 389 g/mol. The number of anilines is 2. The van der Waals surface area contributed by atoms with Crippen molar-refractivity contribution in [1.29, 1.82) is 0 Å². The molecule has 0 spiro atoms. The minimum atomic E-state index is -0.663. The first-order valence-electron chi connectivity index (χ1n) is 8.89. The van der Waals surface area contributed by atoms with Gasteiger partial charge in [-0.3, -0.25) is 4.90 Å². The van der Waals surface area contributed by atoms with E-state index in [1.165, 1.54) is 14.2 Å². The molecule has 3 rings (SSSR count). The lowest BCUT2D eigenvalue weighted by Crippen LogP contribution is -2.47. The third kappa shape index (κ3) is 3.53. The van der Waals surface area contributed by atoms with E-state index in [9.17, 15) is 14.4 Å². The molecular weight excluding hydrogens is 366 g/mol. The predicted octanol–water partition coefficient (Wildman–Crippen LogP) is 1.31. The second-order valence-corrected chi connectivity index (χ2v) is 6.37. The summed E-state index contributed by atoms with van der Waals surface area (Å²) in [5.74, 6) is -1.32. The number of urea groups is 1. The number of ether oxygens (including phenoxy) is 3. The van der Waals surface area contributed by atoms with E-state index in [0.29, 0.717) is 18.8 Å². The molecule has 1 saturated heterocycles.